The Morgan fingerprint density at radius 2 is 2.30 bits per heavy atom. The van der Waals surface area contributed by atoms with Crippen LogP contribution >= 0.6 is 0 Å². The molecule has 5 nitrogen and oxygen atoms in total. The van der Waals surface area contributed by atoms with Crippen molar-refractivity contribution in [3.8, 4) is 0 Å². The van der Waals surface area contributed by atoms with E-state index >= 15 is 0 Å². The Bertz CT molecular complexity index is 604. The van der Waals surface area contributed by atoms with Crippen molar-refractivity contribution in [2.75, 3.05) is 6.54 Å². The normalized spacial score (nSPS) is 15.8. The number of hydrogen-bond donors (Lipinski definition) is 3. The highest BCUT2D eigenvalue weighted by Crippen LogP contribution is 2.20. The minimum absolute atomic E-state index is 0.116. The van der Waals surface area contributed by atoms with Gasteiger partial charge < -0.3 is 10.4 Å². The molecule has 0 bridgehead atoms. The molecule has 5 heteroatoms. The van der Waals surface area contributed by atoms with Crippen LogP contribution < -0.4 is 5.32 Å². The summed E-state index contributed by atoms with van der Waals surface area (Å²) in [5.74, 6) is -0.0887. The zero-order valence-electron chi connectivity index (χ0n) is 12.1. The summed E-state index contributed by atoms with van der Waals surface area (Å²) in [4.78, 5) is 12.2. The maximum atomic E-state index is 12.2. The molecule has 1 aromatic carbocycles. The molecule has 0 fully saturated rings. The molecular weight excluding hydrogens is 254 g/mol. The van der Waals surface area contributed by atoms with Gasteiger partial charge in [-0.15, -0.1) is 0 Å². The predicted octanol–water partition coefficient (Wildman–Crippen LogP) is 2.09. The van der Waals surface area contributed by atoms with Crippen LogP contribution in [0.2, 0.25) is 0 Å². The van der Waals surface area contributed by atoms with Crippen LogP contribution in [-0.2, 0) is 0 Å². The lowest BCUT2D eigenvalue weighted by Crippen LogP contribution is -2.45. The second-order valence-electron chi connectivity index (χ2n) is 5.49. The van der Waals surface area contributed by atoms with Crippen molar-refractivity contribution in [3.05, 3.63) is 30.0 Å². The highest BCUT2D eigenvalue weighted by Gasteiger charge is 2.27. The Labute approximate surface area is 118 Å². The van der Waals surface area contributed by atoms with E-state index in [1.807, 2.05) is 26.0 Å². The summed E-state index contributed by atoms with van der Waals surface area (Å²) >= 11 is 0. The predicted molar refractivity (Wildman–Crippen MR) is 78.5 cm³/mol. The summed E-state index contributed by atoms with van der Waals surface area (Å²) in [6, 6.07) is 5.46. The Morgan fingerprint density at radius 3 is 3.00 bits per heavy atom. The molecule has 0 aliphatic carbocycles. The van der Waals surface area contributed by atoms with Gasteiger partial charge in [-0.2, -0.15) is 5.10 Å². The van der Waals surface area contributed by atoms with E-state index in [2.05, 4.69) is 15.5 Å². The molecule has 0 radical (unpaired) electrons. The summed E-state index contributed by atoms with van der Waals surface area (Å²) in [5.41, 5.74) is 0.347. The summed E-state index contributed by atoms with van der Waals surface area (Å²) in [6.07, 6.45) is 2.54. The van der Waals surface area contributed by atoms with Gasteiger partial charge in [0.1, 0.15) is 0 Å². The molecule has 0 saturated heterocycles. The number of hydrogen-bond acceptors (Lipinski definition) is 3. The van der Waals surface area contributed by atoms with Gasteiger partial charge in [0, 0.05) is 11.9 Å². The van der Waals surface area contributed by atoms with E-state index in [0.717, 1.165) is 11.8 Å². The lowest BCUT2D eigenvalue weighted by molar-refractivity contribution is 0.00594. The van der Waals surface area contributed by atoms with Gasteiger partial charge in [-0.05, 0) is 18.9 Å². The molecular formula is C15H21N3O2. The maximum absolute atomic E-state index is 12.2. The number of aromatic nitrogens is 2. The van der Waals surface area contributed by atoms with Crippen LogP contribution in [0.5, 0.6) is 0 Å². The fourth-order valence-corrected chi connectivity index (χ4v) is 2.13. The molecule has 2 unspecified atom stereocenters. The average Bonchev–Trinajstić information content (AvgIpc) is 2.92. The molecule has 1 amide bonds. The Kier molecular flexibility index (Phi) is 4.09. The lowest BCUT2D eigenvalue weighted by Gasteiger charge is -2.29. The van der Waals surface area contributed by atoms with Crippen molar-refractivity contribution < 1.29 is 9.90 Å². The van der Waals surface area contributed by atoms with E-state index in [9.17, 15) is 9.90 Å². The first-order valence-corrected chi connectivity index (χ1v) is 6.88. The van der Waals surface area contributed by atoms with Crippen LogP contribution in [0.15, 0.2) is 24.4 Å². The van der Waals surface area contributed by atoms with Crippen LogP contribution in [0.25, 0.3) is 10.9 Å². The molecule has 2 rings (SSSR count). The third kappa shape index (κ3) is 2.82. The van der Waals surface area contributed by atoms with Crippen LogP contribution in [0.4, 0.5) is 0 Å². The van der Waals surface area contributed by atoms with E-state index in [-0.39, 0.29) is 18.4 Å². The van der Waals surface area contributed by atoms with E-state index in [1.54, 1.807) is 19.2 Å². The zero-order valence-corrected chi connectivity index (χ0v) is 12.1. The van der Waals surface area contributed by atoms with Gasteiger partial charge in [0.15, 0.2) is 0 Å². The second-order valence-corrected chi connectivity index (χ2v) is 5.49. The van der Waals surface area contributed by atoms with Gasteiger partial charge in [-0.3, -0.25) is 9.89 Å². The number of fused-ring (bicyclic) bond motifs is 1. The molecule has 1 heterocycles. The monoisotopic (exact) mass is 275 g/mol. The SMILES string of the molecule is CCC(C)C(C)(O)CNC(=O)c1cccc2cn[nH]c12. The molecule has 0 aliphatic heterocycles. The molecule has 108 valence electrons. The van der Waals surface area contributed by atoms with Crippen molar-refractivity contribution in [1.82, 2.24) is 15.5 Å². The topological polar surface area (TPSA) is 78.0 Å². The number of carbonyl (C=O) groups is 1. The number of benzene rings is 1. The summed E-state index contributed by atoms with van der Waals surface area (Å²) in [7, 11) is 0. The van der Waals surface area contributed by atoms with Crippen LogP contribution in [0.3, 0.4) is 0 Å². The van der Waals surface area contributed by atoms with Gasteiger partial charge in [0.05, 0.1) is 22.9 Å². The Hall–Kier alpha value is -1.88. The number of para-hydroxylation sites is 1. The molecule has 20 heavy (non-hydrogen) atoms. The fourth-order valence-electron chi connectivity index (χ4n) is 2.13. The van der Waals surface area contributed by atoms with Crippen LogP contribution in [-0.4, -0.2) is 33.4 Å². The smallest absolute Gasteiger partial charge is 0.253 e. The quantitative estimate of drug-likeness (QED) is 0.782. The van der Waals surface area contributed by atoms with Gasteiger partial charge in [-0.1, -0.05) is 32.4 Å². The number of nitrogens with one attached hydrogen (secondary N) is 2. The fraction of sp³-hybridized carbons (Fsp3) is 0.467. The third-order valence-corrected chi connectivity index (χ3v) is 4.00. The van der Waals surface area contributed by atoms with Crippen molar-refractivity contribution in [3.63, 3.8) is 0 Å². The Morgan fingerprint density at radius 1 is 1.55 bits per heavy atom. The summed E-state index contributed by atoms with van der Waals surface area (Å²) in [5, 5.41) is 20.8. The van der Waals surface area contributed by atoms with Gasteiger partial charge in [0.25, 0.3) is 5.91 Å². The van der Waals surface area contributed by atoms with Crippen molar-refractivity contribution in [1.29, 1.82) is 0 Å². The molecule has 2 aromatic rings. The van der Waals surface area contributed by atoms with Gasteiger partial charge in [0.2, 0.25) is 0 Å². The van der Waals surface area contributed by atoms with Crippen molar-refractivity contribution in [2.24, 2.45) is 5.92 Å². The van der Waals surface area contributed by atoms with E-state index in [0.29, 0.717) is 11.1 Å². The van der Waals surface area contributed by atoms with Crippen molar-refractivity contribution >= 4 is 16.8 Å². The minimum Gasteiger partial charge on any atom is -0.388 e. The van der Waals surface area contributed by atoms with E-state index in [4.69, 9.17) is 0 Å². The van der Waals surface area contributed by atoms with Crippen LogP contribution in [0, 0.1) is 5.92 Å². The molecule has 0 aliphatic rings. The molecule has 0 saturated carbocycles. The number of aliphatic hydroxyl groups is 1. The minimum atomic E-state index is -0.910. The molecule has 1 aromatic heterocycles. The number of amides is 1. The number of nitrogens with zero attached hydrogens (tertiary/aromatic N) is 1. The number of H-pyrrole nitrogens is 1. The number of rotatable bonds is 5. The van der Waals surface area contributed by atoms with Gasteiger partial charge >= 0.3 is 0 Å². The first kappa shape index (κ1) is 14.5. The largest absolute Gasteiger partial charge is 0.388 e. The van der Waals surface area contributed by atoms with Gasteiger partial charge in [-0.25, -0.2) is 0 Å². The highest BCUT2D eigenvalue weighted by atomic mass is 16.3. The highest BCUT2D eigenvalue weighted by molar-refractivity contribution is 6.05. The average molecular weight is 275 g/mol. The van der Waals surface area contributed by atoms with E-state index < -0.39 is 5.60 Å². The standard InChI is InChI=1S/C15H21N3O2/c1-4-10(2)15(3,20)9-16-14(19)12-7-5-6-11-8-17-18-13(11)12/h5-8,10,20H,4,9H2,1-3H3,(H,16,19)(H,17,18). The second kappa shape index (κ2) is 5.63. The first-order chi connectivity index (χ1) is 9.45. The van der Waals surface area contributed by atoms with E-state index in [1.165, 1.54) is 0 Å². The summed E-state index contributed by atoms with van der Waals surface area (Å²) < 4.78 is 0. The van der Waals surface area contributed by atoms with Crippen LogP contribution in [0.1, 0.15) is 37.6 Å². The zero-order chi connectivity index (χ0) is 14.8. The first-order valence-electron chi connectivity index (χ1n) is 6.88. The Balaban J connectivity index is 2.11. The molecule has 2 atom stereocenters. The summed E-state index contributed by atoms with van der Waals surface area (Å²) in [6.45, 7) is 5.97. The molecule has 3 N–H and O–H groups in total. The maximum Gasteiger partial charge on any atom is 0.253 e. The molecule has 0 spiro atoms. The number of carbonyl (C=O) groups excluding carboxylic acids is 1. The number of aromatic amines is 1. The van der Waals surface area contributed by atoms with Crippen molar-refractivity contribution in [2.45, 2.75) is 32.8 Å². The third-order valence-electron chi connectivity index (χ3n) is 4.00. The lowest BCUT2D eigenvalue weighted by atomic mass is 9.88.